The first-order valence-corrected chi connectivity index (χ1v) is 17.2. The lowest BCUT2D eigenvalue weighted by molar-refractivity contribution is 0.373. The second-order valence-corrected chi connectivity index (χ2v) is 12.8. The van der Waals surface area contributed by atoms with Crippen molar-refractivity contribution >= 4 is 45.6 Å². The highest BCUT2D eigenvalue weighted by molar-refractivity contribution is 7.08. The zero-order valence-corrected chi connectivity index (χ0v) is 26.6. The van der Waals surface area contributed by atoms with Crippen molar-refractivity contribution in [3.05, 3.63) is 106 Å². The number of hydrogen-bond donors (Lipinski definition) is 2. The molecule has 6 heterocycles. The van der Waals surface area contributed by atoms with Gasteiger partial charge in [-0.15, -0.1) is 10.2 Å². The summed E-state index contributed by atoms with van der Waals surface area (Å²) in [5.41, 5.74) is 6.16. The van der Waals surface area contributed by atoms with Crippen LogP contribution >= 0.6 is 22.7 Å². The molecule has 0 amide bonds. The minimum Gasteiger partial charge on any atom is -0.368 e. The number of anilines is 2. The fourth-order valence-electron chi connectivity index (χ4n) is 5.64. The molecule has 1 fully saturated rings. The molecular weight excluding hydrogens is 623 g/mol. The maximum atomic E-state index is 13.7. The predicted octanol–water partition coefficient (Wildman–Crippen LogP) is 8.80. The molecule has 8 rings (SSSR count). The Morgan fingerprint density at radius 2 is 1.33 bits per heavy atom. The maximum absolute atomic E-state index is 13.7. The van der Waals surface area contributed by atoms with Gasteiger partial charge < -0.3 is 10.6 Å². The van der Waals surface area contributed by atoms with Gasteiger partial charge in [0.05, 0.1) is 23.8 Å². The molecule has 0 saturated heterocycles. The van der Waals surface area contributed by atoms with Crippen LogP contribution in [0.2, 0.25) is 0 Å². The van der Waals surface area contributed by atoms with E-state index < -0.39 is 11.6 Å². The summed E-state index contributed by atoms with van der Waals surface area (Å²) in [4.78, 5) is 8.78. The summed E-state index contributed by atoms with van der Waals surface area (Å²) >= 11 is 3.30. The number of hydrogen-bond acceptors (Lipinski definition) is 8. The van der Waals surface area contributed by atoms with Gasteiger partial charge >= 0.3 is 0 Å². The number of halogens is 2. The number of aromatic nitrogens is 6. The lowest BCUT2D eigenvalue weighted by Crippen LogP contribution is -2.18. The summed E-state index contributed by atoms with van der Waals surface area (Å²) in [6.45, 7) is 1.24. The Labute approximate surface area is 272 Å². The second-order valence-electron chi connectivity index (χ2n) is 11.3. The van der Waals surface area contributed by atoms with Gasteiger partial charge in [0.2, 0.25) is 0 Å². The van der Waals surface area contributed by atoms with Crippen molar-refractivity contribution in [2.45, 2.75) is 38.6 Å². The molecule has 0 atom stereocenters. The minimum atomic E-state index is -0.588. The van der Waals surface area contributed by atoms with E-state index in [1.807, 2.05) is 45.7 Å². The molecule has 46 heavy (non-hydrogen) atoms. The monoisotopic (exact) mass is 654 g/mol. The SMILES string of the molecule is Fc1ccc(CNc2ccc3ncc(-c4ccsc4)n3n2)c(F)c1.c1cc(-c2cnc3ccc(NCC4CCCCC4)nn23)cs1. The highest BCUT2D eigenvalue weighted by atomic mass is 32.1. The van der Waals surface area contributed by atoms with Crippen molar-refractivity contribution in [2.75, 3.05) is 17.2 Å². The third kappa shape index (κ3) is 6.77. The molecule has 234 valence electrons. The molecule has 0 unspecified atom stereocenters. The van der Waals surface area contributed by atoms with Crippen molar-refractivity contribution in [1.29, 1.82) is 0 Å². The molecule has 2 N–H and O–H groups in total. The molecule has 0 radical (unpaired) electrons. The van der Waals surface area contributed by atoms with Crippen molar-refractivity contribution in [3.8, 4) is 22.5 Å². The van der Waals surface area contributed by atoms with Crippen LogP contribution < -0.4 is 10.6 Å². The highest BCUT2D eigenvalue weighted by Crippen LogP contribution is 2.26. The largest absolute Gasteiger partial charge is 0.368 e. The van der Waals surface area contributed by atoms with Crippen molar-refractivity contribution in [1.82, 2.24) is 29.2 Å². The Kier molecular flexibility index (Phi) is 8.97. The van der Waals surface area contributed by atoms with Crippen LogP contribution in [0.3, 0.4) is 0 Å². The summed E-state index contributed by atoms with van der Waals surface area (Å²) in [7, 11) is 0. The number of benzene rings is 1. The van der Waals surface area contributed by atoms with E-state index in [0.717, 1.165) is 52.6 Å². The van der Waals surface area contributed by atoms with E-state index in [4.69, 9.17) is 5.10 Å². The van der Waals surface area contributed by atoms with Gasteiger partial charge in [0.15, 0.2) is 11.3 Å². The van der Waals surface area contributed by atoms with E-state index in [9.17, 15) is 8.78 Å². The molecule has 12 heteroatoms. The first kappa shape index (κ1) is 30.0. The molecule has 1 aromatic carbocycles. The average molecular weight is 655 g/mol. The molecule has 1 aliphatic rings. The lowest BCUT2D eigenvalue weighted by Gasteiger charge is -2.21. The highest BCUT2D eigenvalue weighted by Gasteiger charge is 2.14. The van der Waals surface area contributed by atoms with E-state index in [0.29, 0.717) is 11.4 Å². The van der Waals surface area contributed by atoms with Gasteiger partial charge in [-0.25, -0.2) is 27.8 Å². The molecule has 8 nitrogen and oxygen atoms in total. The number of fused-ring (bicyclic) bond motifs is 2. The molecule has 1 aliphatic carbocycles. The topological polar surface area (TPSA) is 84.4 Å². The first-order valence-electron chi connectivity index (χ1n) is 15.3. The van der Waals surface area contributed by atoms with Gasteiger partial charge in [0, 0.05) is 46.6 Å². The summed E-state index contributed by atoms with van der Waals surface area (Å²) in [6, 6.07) is 15.3. The Hall–Kier alpha value is -4.68. The van der Waals surface area contributed by atoms with Crippen LogP contribution in [0, 0.1) is 17.6 Å². The Morgan fingerprint density at radius 3 is 1.89 bits per heavy atom. The van der Waals surface area contributed by atoms with Gasteiger partial charge in [0.25, 0.3) is 0 Å². The molecule has 0 spiro atoms. The first-order chi connectivity index (χ1) is 22.6. The normalized spacial score (nSPS) is 13.5. The second kappa shape index (κ2) is 13.8. The number of imidazole rings is 2. The molecule has 0 aliphatic heterocycles. The maximum Gasteiger partial charge on any atom is 0.154 e. The lowest BCUT2D eigenvalue weighted by atomic mass is 9.89. The van der Waals surface area contributed by atoms with Crippen LogP contribution in [-0.4, -0.2) is 35.7 Å². The van der Waals surface area contributed by atoms with Crippen molar-refractivity contribution in [3.63, 3.8) is 0 Å². The van der Waals surface area contributed by atoms with Gasteiger partial charge in [-0.05, 0) is 72.0 Å². The summed E-state index contributed by atoms with van der Waals surface area (Å²) < 4.78 is 30.3. The molecular formula is C34H32F2N8S2. The van der Waals surface area contributed by atoms with E-state index in [1.54, 1.807) is 39.5 Å². The number of nitrogens with zero attached hydrogens (tertiary/aromatic N) is 6. The average Bonchev–Trinajstić information content (AvgIpc) is 3.91. The molecule has 0 bridgehead atoms. The Balaban J connectivity index is 0.000000147. The van der Waals surface area contributed by atoms with Gasteiger partial charge in [-0.1, -0.05) is 25.3 Å². The minimum absolute atomic E-state index is 0.215. The quantitative estimate of drug-likeness (QED) is 0.170. The molecule has 6 aromatic heterocycles. The summed E-state index contributed by atoms with van der Waals surface area (Å²) in [5, 5.41) is 24.0. The van der Waals surface area contributed by atoms with E-state index in [2.05, 4.69) is 42.5 Å². The van der Waals surface area contributed by atoms with Gasteiger partial charge in [0.1, 0.15) is 23.3 Å². The van der Waals surface area contributed by atoms with Crippen LogP contribution in [0.4, 0.5) is 20.4 Å². The smallest absolute Gasteiger partial charge is 0.154 e. The third-order valence-corrected chi connectivity index (χ3v) is 9.50. The molecule has 7 aromatic rings. The van der Waals surface area contributed by atoms with Crippen LogP contribution in [0.25, 0.3) is 33.8 Å². The number of nitrogens with one attached hydrogen (secondary N) is 2. The van der Waals surface area contributed by atoms with Crippen LogP contribution in [0.15, 0.2) is 88.5 Å². The fraction of sp³-hybridized carbons (Fsp3) is 0.235. The predicted molar refractivity (Wildman–Crippen MR) is 181 cm³/mol. The fourth-order valence-corrected chi connectivity index (χ4v) is 6.94. The number of rotatable bonds is 8. The standard InChI is InChI=1S/C17H12F2N4S.C17H20N4S/c18-13-2-1-11(14(19)7-13)8-20-16-3-4-17-21-9-15(23(17)22-16)12-5-6-24-10-12;1-2-4-13(5-3-1)10-18-16-6-7-17-19-11-15(21(17)20-16)14-8-9-22-12-14/h1-7,9-10H,8H2,(H,20,22);6-9,11-13H,1-5,10H2,(H,18,20). The van der Waals surface area contributed by atoms with Crippen LogP contribution in [-0.2, 0) is 6.54 Å². The zero-order chi connectivity index (χ0) is 31.3. The summed E-state index contributed by atoms with van der Waals surface area (Å²) in [5.74, 6) is 1.15. The van der Waals surface area contributed by atoms with Crippen LogP contribution in [0.1, 0.15) is 37.7 Å². The van der Waals surface area contributed by atoms with Crippen LogP contribution in [0.5, 0.6) is 0 Å². The summed E-state index contributed by atoms with van der Waals surface area (Å²) in [6.07, 6.45) is 10.5. The third-order valence-electron chi connectivity index (χ3n) is 8.13. The van der Waals surface area contributed by atoms with E-state index in [-0.39, 0.29) is 6.54 Å². The molecule has 1 saturated carbocycles. The van der Waals surface area contributed by atoms with E-state index in [1.165, 1.54) is 49.8 Å². The Morgan fingerprint density at radius 1 is 0.717 bits per heavy atom. The van der Waals surface area contributed by atoms with Gasteiger partial charge in [-0.3, -0.25) is 0 Å². The van der Waals surface area contributed by atoms with Crippen molar-refractivity contribution < 1.29 is 8.78 Å². The van der Waals surface area contributed by atoms with Crippen molar-refractivity contribution in [2.24, 2.45) is 5.92 Å². The Bertz CT molecular complexity index is 2030. The zero-order valence-electron chi connectivity index (χ0n) is 24.9. The van der Waals surface area contributed by atoms with E-state index >= 15 is 0 Å². The number of thiophene rings is 2. The van der Waals surface area contributed by atoms with Gasteiger partial charge in [-0.2, -0.15) is 22.7 Å².